The van der Waals surface area contributed by atoms with Crippen LogP contribution in [0.5, 0.6) is 0 Å². The van der Waals surface area contributed by atoms with Crippen LogP contribution in [0.3, 0.4) is 0 Å². The zero-order valence-corrected chi connectivity index (χ0v) is 2.32. The summed E-state index contributed by atoms with van der Waals surface area (Å²) < 4.78 is 0. The summed E-state index contributed by atoms with van der Waals surface area (Å²) in [7, 11) is 0. The van der Waals surface area contributed by atoms with Crippen LogP contribution in [0.1, 0.15) is 0 Å². The second-order valence-corrected chi connectivity index (χ2v) is 0. The van der Waals surface area contributed by atoms with E-state index in [0.717, 1.165) is 0 Å². The van der Waals surface area contributed by atoms with E-state index in [1.165, 1.54) is 0 Å². The quantitative estimate of drug-likeness (QED) is 0.360. The van der Waals surface area contributed by atoms with Crippen LogP contribution in [0.15, 0.2) is 0 Å². The fraction of sp³-hybridized carbons (Fsp3) is 0. The number of hydrogen-bond donors (Lipinski definition) is 3. The first-order valence-corrected chi connectivity index (χ1v) is 0.204. The largest absolute Gasteiger partial charge is 0.344 e. The third-order valence-corrected chi connectivity index (χ3v) is 0. The highest BCUT2D eigenvalue weighted by Gasteiger charge is 0.588. The first kappa shape index (κ1) is 82.7. The molecule has 4 nitrogen and oxygen atoms in total. The fourth-order valence-electron chi connectivity index (χ4n) is 0. The Kier molecular flexibility index (Phi) is 522. The van der Waals surface area contributed by atoms with Gasteiger partial charge in [0.15, 0.2) is 0 Å². The molecule has 0 aromatic heterocycles. The van der Waals surface area contributed by atoms with Crippen LogP contribution in [0.25, 0.3) is 0 Å². The molecule has 0 saturated heterocycles. The second-order valence-electron chi connectivity index (χ2n) is 0. The van der Waals surface area contributed by atoms with Crippen LogP contribution in [0.2, 0.25) is 0 Å². The van der Waals surface area contributed by atoms with Crippen molar-refractivity contribution in [3.63, 3.8) is 0 Å². The minimum Gasteiger partial charge on any atom is -0.344 e. The molecule has 0 aliphatic rings. The third-order valence-electron chi connectivity index (χ3n) is 0. The van der Waals surface area contributed by atoms with Gasteiger partial charge >= 0.3 is 0 Å². The predicted molar refractivity (Wildman–Crippen MR) is 16.1 cm³/mol. The lowest BCUT2D eigenvalue weighted by Gasteiger charge is -0.827. The van der Waals surface area contributed by atoms with Crippen LogP contribution in [0, 0.1) is 10.5 Å². The molecule has 0 spiro atoms. The van der Waals surface area contributed by atoms with Crippen molar-refractivity contribution in [2.75, 3.05) is 0 Å². The smallest absolute Gasteiger partial charge is 0.0850 e. The Labute approximate surface area is 24.1 Å². The molecule has 0 aliphatic carbocycles. The van der Waals surface area contributed by atoms with Gasteiger partial charge in [0.05, 0.1) is 0 Å². The topological polar surface area (TPSA) is 111 Å². The van der Waals surface area contributed by atoms with Gasteiger partial charge in [-0.05, 0) is 0 Å². The second kappa shape index (κ2) is 25.3. The van der Waals surface area contributed by atoms with Gasteiger partial charge in [-0.15, -0.1) is 0 Å². The maximum atomic E-state index is 7.50. The van der Waals surface area contributed by atoms with E-state index in [2.05, 4.69) is 5.59 Å². The molecule has 0 bridgehead atoms. The van der Waals surface area contributed by atoms with E-state index < -0.39 is 0 Å². The van der Waals surface area contributed by atoms with Crippen LogP contribution in [-0.4, -0.2) is 0 Å². The van der Waals surface area contributed by atoms with E-state index in [9.17, 15) is 0 Å². The van der Waals surface area contributed by atoms with Crippen molar-refractivity contribution in [3.05, 3.63) is 4.91 Å². The molecule has 0 aromatic rings. The minimum absolute atomic E-state index is 0. The average Bonchev–Trinajstić information content (AvgIpc) is 1.00. The van der Waals surface area contributed by atoms with Gasteiger partial charge in [-0.25, -0.2) is 0 Å². The lowest BCUT2D eigenvalue weighted by atomic mass is 13.8. The zero-order chi connectivity index (χ0) is 2.00. The lowest BCUT2D eigenvalue weighted by Crippen LogP contribution is -0.649. The van der Waals surface area contributed by atoms with Gasteiger partial charge in [0.2, 0.25) is 0 Å². The van der Waals surface area contributed by atoms with E-state index in [4.69, 9.17) is 4.91 Å². The highest BCUT2D eigenvalue weighted by molar-refractivity contribution is 3.63. The summed E-state index contributed by atoms with van der Waals surface area (Å²) in [5.74, 6) is 0. The molecule has 4 heavy (non-hydrogen) atoms. The molecule has 0 unspecified atom stereocenters. The number of rotatable bonds is 0. The highest BCUT2D eigenvalue weighted by atomic mass is 16.2. The molecular weight excluding hydrogens is 58.0 g/mol. The summed E-state index contributed by atoms with van der Waals surface area (Å²) in [5, 5.41) is 0. The molecule has 0 aromatic carbocycles. The molecular formula is H7N3O. The molecule has 0 aliphatic heterocycles. The van der Waals surface area contributed by atoms with Gasteiger partial charge in [-0.1, -0.05) is 5.59 Å². The summed E-state index contributed by atoms with van der Waals surface area (Å²) in [6.45, 7) is 0. The highest BCUT2D eigenvalue weighted by Crippen LogP contribution is 0.766. The molecule has 7 N–H and O–H groups in total. The normalized spacial score (nSPS) is 1.00. The van der Waals surface area contributed by atoms with Crippen LogP contribution < -0.4 is 12.3 Å². The molecule has 0 heterocycles. The fourth-order valence-corrected chi connectivity index (χ4v) is 0. The molecule has 0 saturated carbocycles. The van der Waals surface area contributed by atoms with Crippen molar-refractivity contribution < 1.29 is 0 Å². The molecule has 4 heteroatoms. The molecule has 0 amide bonds. The Morgan fingerprint density at radius 3 is 1.00 bits per heavy atom. The SMILES string of the molecule is N.N.N=O. The third kappa shape index (κ3) is 1.78. The Morgan fingerprint density at radius 2 is 1.00 bits per heavy atom. The van der Waals surface area contributed by atoms with E-state index in [1.807, 2.05) is 0 Å². The van der Waals surface area contributed by atoms with Crippen LogP contribution in [-0.2, 0) is 0 Å². The summed E-state index contributed by atoms with van der Waals surface area (Å²) in [4.78, 5) is 7.50. The van der Waals surface area contributed by atoms with Gasteiger partial charge in [0.25, 0.3) is 0 Å². The van der Waals surface area contributed by atoms with Gasteiger partial charge in [0.1, 0.15) is 0 Å². The van der Waals surface area contributed by atoms with E-state index in [1.54, 1.807) is 0 Å². The number of nitrogens with one attached hydrogen (secondary N) is 1. The van der Waals surface area contributed by atoms with Crippen molar-refractivity contribution in [1.82, 2.24) is 12.3 Å². The van der Waals surface area contributed by atoms with E-state index in [-0.39, 0.29) is 12.3 Å². The van der Waals surface area contributed by atoms with Gasteiger partial charge in [-0.3, -0.25) is 0 Å². The zero-order valence-electron chi connectivity index (χ0n) is 2.32. The monoisotopic (exact) mass is 65.1 g/mol. The van der Waals surface area contributed by atoms with Gasteiger partial charge < -0.3 is 12.3 Å². The van der Waals surface area contributed by atoms with Gasteiger partial charge in [-0.2, -0.15) is 4.91 Å². The molecule has 0 atom stereocenters. The van der Waals surface area contributed by atoms with Crippen molar-refractivity contribution in [1.29, 1.82) is 5.59 Å². The summed E-state index contributed by atoms with van der Waals surface area (Å²) in [6, 6.07) is 0. The Morgan fingerprint density at radius 1 is 1.00 bits per heavy atom. The Bertz CT molecular complexity index is 3.25. The molecule has 28 valence electrons. The minimum atomic E-state index is 0. The summed E-state index contributed by atoms with van der Waals surface area (Å²) in [6.07, 6.45) is 0. The first-order valence-electron chi connectivity index (χ1n) is 0.204. The molecule has 0 radical (unpaired) electrons. The van der Waals surface area contributed by atoms with E-state index >= 15 is 0 Å². The predicted octanol–water partition coefficient (Wildman–Crippen LogP) is 0.656. The molecule has 0 fully saturated rings. The maximum Gasteiger partial charge on any atom is -0.0850 e. The maximum absolute atomic E-state index is 7.50. The molecule has 0 rings (SSSR count). The van der Waals surface area contributed by atoms with Crippen LogP contribution in [0.4, 0.5) is 0 Å². The van der Waals surface area contributed by atoms with Crippen molar-refractivity contribution in [2.45, 2.75) is 0 Å². The lowest BCUT2D eigenvalue weighted by molar-refractivity contribution is 1.49. The van der Waals surface area contributed by atoms with Crippen LogP contribution >= 0.6 is 0 Å². The number of hydrogen-bond acceptors (Lipinski definition) is 4. The summed E-state index contributed by atoms with van der Waals surface area (Å²) in [5.41, 5.74) is 4.50. The average molecular weight is 65.1 g/mol. The van der Waals surface area contributed by atoms with Crippen molar-refractivity contribution >= 4 is 0 Å². The standard InChI is InChI=1S/HNO.2H3N/c1-2;;/h1H;2*1H3. The van der Waals surface area contributed by atoms with E-state index in [0.29, 0.717) is 0 Å². The Hall–Kier alpha value is -0.480. The first-order chi connectivity index (χ1) is 1.00. The Balaban J connectivity index is -0.00000000500. The van der Waals surface area contributed by atoms with Crippen molar-refractivity contribution in [2.24, 2.45) is 0 Å². The number of nitroso groups, excluding NO2 is 1. The van der Waals surface area contributed by atoms with Gasteiger partial charge in [0, 0.05) is 0 Å². The van der Waals surface area contributed by atoms with Crippen molar-refractivity contribution in [3.8, 4) is 0 Å². The summed E-state index contributed by atoms with van der Waals surface area (Å²) >= 11 is 0.